The first kappa shape index (κ1) is 24.5. The van der Waals surface area contributed by atoms with Gasteiger partial charge in [-0.15, -0.1) is 0 Å². The maximum atomic E-state index is 13.5. The number of rotatable bonds is 7. The molecule has 0 fully saturated rings. The SMILES string of the molecule is COc1cc(OC)c(OC)cc1/C=C1\Oc2c3c(cc(C)c2C1=O)OCN(Cc1ccccc1OC)C3. The zero-order valence-corrected chi connectivity index (χ0v) is 21.5. The molecule has 0 saturated heterocycles. The van der Waals surface area contributed by atoms with E-state index in [4.69, 9.17) is 28.4 Å². The summed E-state index contributed by atoms with van der Waals surface area (Å²) >= 11 is 0. The highest BCUT2D eigenvalue weighted by atomic mass is 16.5. The van der Waals surface area contributed by atoms with Crippen molar-refractivity contribution in [2.45, 2.75) is 20.0 Å². The molecule has 0 saturated carbocycles. The summed E-state index contributed by atoms with van der Waals surface area (Å²) in [5, 5.41) is 0. The van der Waals surface area contributed by atoms with Gasteiger partial charge in [0.2, 0.25) is 5.78 Å². The lowest BCUT2D eigenvalue weighted by molar-refractivity contribution is 0.0864. The van der Waals surface area contributed by atoms with Crippen molar-refractivity contribution in [2.75, 3.05) is 35.2 Å². The van der Waals surface area contributed by atoms with E-state index in [0.29, 0.717) is 53.9 Å². The van der Waals surface area contributed by atoms with Crippen LogP contribution in [0.1, 0.15) is 32.6 Å². The second-order valence-corrected chi connectivity index (χ2v) is 8.84. The highest BCUT2D eigenvalue weighted by molar-refractivity contribution is 6.16. The van der Waals surface area contributed by atoms with Crippen LogP contribution in [0.5, 0.6) is 34.5 Å². The second-order valence-electron chi connectivity index (χ2n) is 8.84. The minimum atomic E-state index is -0.186. The Kier molecular flexibility index (Phi) is 6.67. The molecule has 0 bridgehead atoms. The van der Waals surface area contributed by atoms with E-state index in [0.717, 1.165) is 28.2 Å². The number of allylic oxidation sites excluding steroid dienone is 1. The van der Waals surface area contributed by atoms with E-state index in [1.807, 2.05) is 37.3 Å². The summed E-state index contributed by atoms with van der Waals surface area (Å²) in [4.78, 5) is 15.6. The number of ketones is 1. The largest absolute Gasteiger partial charge is 0.496 e. The topological polar surface area (TPSA) is 75.7 Å². The zero-order chi connectivity index (χ0) is 26.1. The van der Waals surface area contributed by atoms with Gasteiger partial charge < -0.3 is 28.4 Å². The van der Waals surface area contributed by atoms with Gasteiger partial charge in [-0.2, -0.15) is 0 Å². The van der Waals surface area contributed by atoms with Crippen molar-refractivity contribution in [1.29, 1.82) is 0 Å². The number of nitrogens with zero attached hydrogens (tertiary/aromatic N) is 1. The van der Waals surface area contributed by atoms with E-state index >= 15 is 0 Å². The molecule has 0 unspecified atom stereocenters. The van der Waals surface area contributed by atoms with Crippen molar-refractivity contribution >= 4 is 11.9 Å². The molecule has 8 heteroatoms. The average molecular weight is 504 g/mol. The molecule has 2 aliphatic rings. The van der Waals surface area contributed by atoms with Crippen molar-refractivity contribution in [2.24, 2.45) is 0 Å². The summed E-state index contributed by atoms with van der Waals surface area (Å²) in [6.45, 7) is 3.51. The Morgan fingerprint density at radius 1 is 0.919 bits per heavy atom. The normalized spacial score (nSPS) is 15.5. The van der Waals surface area contributed by atoms with E-state index in [2.05, 4.69) is 4.90 Å². The van der Waals surface area contributed by atoms with Crippen LogP contribution in [0.3, 0.4) is 0 Å². The standard InChI is InChI=1S/C29H29NO7/c1-17-10-23-20(15-30(16-36-23)14-18-8-6-7-9-21(18)32-2)29-27(17)28(31)26(37-29)12-19-11-24(34-4)25(35-5)13-22(19)33-3/h6-13H,14-16H2,1-5H3/b26-12-. The summed E-state index contributed by atoms with van der Waals surface area (Å²) in [6, 6.07) is 13.3. The first-order chi connectivity index (χ1) is 18.0. The lowest BCUT2D eigenvalue weighted by Gasteiger charge is -2.30. The molecule has 3 aromatic rings. The van der Waals surface area contributed by atoms with Gasteiger partial charge in [0.1, 0.15) is 29.7 Å². The lowest BCUT2D eigenvalue weighted by atomic mass is 9.98. The first-order valence-electron chi connectivity index (χ1n) is 11.8. The fraction of sp³-hybridized carbons (Fsp3) is 0.276. The molecule has 8 nitrogen and oxygen atoms in total. The summed E-state index contributed by atoms with van der Waals surface area (Å²) in [7, 11) is 6.34. The number of methoxy groups -OCH3 is 4. The number of carbonyl (C=O) groups excluding carboxylic acids is 1. The molecule has 0 aliphatic carbocycles. The highest BCUT2D eigenvalue weighted by Gasteiger charge is 2.36. The van der Waals surface area contributed by atoms with Crippen LogP contribution in [0.15, 0.2) is 48.2 Å². The minimum absolute atomic E-state index is 0.186. The van der Waals surface area contributed by atoms with Gasteiger partial charge in [-0.25, -0.2) is 0 Å². The van der Waals surface area contributed by atoms with Gasteiger partial charge in [0.25, 0.3) is 0 Å². The monoisotopic (exact) mass is 503 g/mol. The fourth-order valence-corrected chi connectivity index (χ4v) is 4.76. The lowest BCUT2D eigenvalue weighted by Crippen LogP contribution is -2.32. The van der Waals surface area contributed by atoms with Gasteiger partial charge >= 0.3 is 0 Å². The van der Waals surface area contributed by atoms with Crippen LogP contribution in [0.25, 0.3) is 6.08 Å². The zero-order valence-electron chi connectivity index (χ0n) is 21.5. The van der Waals surface area contributed by atoms with Gasteiger partial charge in [-0.1, -0.05) is 18.2 Å². The highest BCUT2D eigenvalue weighted by Crippen LogP contribution is 2.45. The molecule has 0 N–H and O–H groups in total. The van der Waals surface area contributed by atoms with Crippen LogP contribution in [0, 0.1) is 6.92 Å². The van der Waals surface area contributed by atoms with Crippen LogP contribution in [-0.4, -0.2) is 45.9 Å². The Hall–Kier alpha value is -4.17. The molecule has 0 amide bonds. The molecule has 0 spiro atoms. The van der Waals surface area contributed by atoms with Crippen LogP contribution < -0.4 is 28.4 Å². The summed E-state index contributed by atoms with van der Waals surface area (Å²) < 4.78 is 34.2. The van der Waals surface area contributed by atoms with Gasteiger partial charge in [-0.05, 0) is 36.8 Å². The van der Waals surface area contributed by atoms with Crippen LogP contribution in [0.4, 0.5) is 0 Å². The van der Waals surface area contributed by atoms with E-state index < -0.39 is 0 Å². The quantitative estimate of drug-likeness (QED) is 0.417. The summed E-state index contributed by atoms with van der Waals surface area (Å²) in [5.41, 5.74) is 3.89. The van der Waals surface area contributed by atoms with Crippen molar-refractivity contribution < 1.29 is 33.2 Å². The van der Waals surface area contributed by atoms with E-state index in [9.17, 15) is 4.79 Å². The van der Waals surface area contributed by atoms with E-state index in [1.165, 1.54) is 0 Å². The van der Waals surface area contributed by atoms with Crippen molar-refractivity contribution in [3.8, 4) is 34.5 Å². The van der Waals surface area contributed by atoms with Crippen LogP contribution in [-0.2, 0) is 13.1 Å². The third-order valence-electron chi connectivity index (χ3n) is 6.60. The Morgan fingerprint density at radius 3 is 2.35 bits per heavy atom. The van der Waals surface area contributed by atoms with Gasteiger partial charge in [-0.3, -0.25) is 9.69 Å². The van der Waals surface area contributed by atoms with Crippen molar-refractivity contribution in [3.05, 3.63) is 76.0 Å². The maximum absolute atomic E-state index is 13.5. The number of benzene rings is 3. The maximum Gasteiger partial charge on any atom is 0.232 e. The van der Waals surface area contributed by atoms with Crippen LogP contribution in [0.2, 0.25) is 0 Å². The molecule has 0 radical (unpaired) electrons. The summed E-state index contributed by atoms with van der Waals surface area (Å²) in [6.07, 6.45) is 1.67. The van der Waals surface area contributed by atoms with Gasteiger partial charge in [0.15, 0.2) is 17.3 Å². The fourth-order valence-electron chi connectivity index (χ4n) is 4.76. The number of hydrogen-bond donors (Lipinski definition) is 0. The van der Waals surface area contributed by atoms with Crippen molar-refractivity contribution in [3.63, 3.8) is 0 Å². The molecule has 2 heterocycles. The molecule has 3 aromatic carbocycles. The number of carbonyl (C=O) groups is 1. The predicted octanol–water partition coefficient (Wildman–Crippen LogP) is 5.00. The summed E-state index contributed by atoms with van der Waals surface area (Å²) in [5.74, 6) is 3.69. The molecule has 192 valence electrons. The minimum Gasteiger partial charge on any atom is -0.496 e. The number of aryl methyl sites for hydroxylation is 1. The molecule has 37 heavy (non-hydrogen) atoms. The second kappa shape index (κ2) is 10.1. The van der Waals surface area contributed by atoms with E-state index in [1.54, 1.807) is 46.6 Å². The molecule has 0 atom stereocenters. The Bertz CT molecular complexity index is 1400. The first-order valence-corrected chi connectivity index (χ1v) is 11.8. The van der Waals surface area contributed by atoms with Crippen molar-refractivity contribution in [1.82, 2.24) is 4.90 Å². The Labute approximate surface area is 215 Å². The van der Waals surface area contributed by atoms with Gasteiger partial charge in [0.05, 0.1) is 39.6 Å². The number of fused-ring (bicyclic) bond motifs is 3. The molecule has 5 rings (SSSR count). The third kappa shape index (κ3) is 4.44. The Morgan fingerprint density at radius 2 is 1.62 bits per heavy atom. The van der Waals surface area contributed by atoms with E-state index in [-0.39, 0.29) is 11.5 Å². The number of para-hydroxylation sites is 1. The number of ether oxygens (including phenoxy) is 6. The van der Waals surface area contributed by atoms with Crippen LogP contribution >= 0.6 is 0 Å². The molecular weight excluding hydrogens is 474 g/mol. The average Bonchev–Trinajstić information content (AvgIpc) is 3.25. The van der Waals surface area contributed by atoms with Gasteiger partial charge in [0, 0.05) is 30.3 Å². The molecule has 0 aromatic heterocycles. The molecular formula is C29H29NO7. The molecule has 2 aliphatic heterocycles. The number of Topliss-reactive ketones (excluding diaryl/α,β-unsaturated/α-hetero) is 1. The Balaban J connectivity index is 1.49. The third-order valence-corrected chi connectivity index (χ3v) is 6.60. The smallest absolute Gasteiger partial charge is 0.232 e. The predicted molar refractivity (Wildman–Crippen MR) is 138 cm³/mol. The number of hydrogen-bond acceptors (Lipinski definition) is 8.